The Morgan fingerprint density at radius 2 is 2.00 bits per heavy atom. The molecule has 7 nitrogen and oxygen atoms in total. The van der Waals surface area contributed by atoms with Crippen LogP contribution >= 0.6 is 0 Å². The summed E-state index contributed by atoms with van der Waals surface area (Å²) in [6.45, 7) is 1.92. The monoisotopic (exact) mass is 413 g/mol. The zero-order chi connectivity index (χ0) is 21.3. The number of hydrogen-bond acceptors (Lipinski definition) is 5. The van der Waals surface area contributed by atoms with Crippen molar-refractivity contribution >= 4 is 28.6 Å². The van der Waals surface area contributed by atoms with Crippen LogP contribution in [0.4, 0.5) is 18.9 Å². The van der Waals surface area contributed by atoms with Gasteiger partial charge in [0.05, 0.1) is 23.4 Å². The molecule has 1 N–H and O–H groups in total. The molecule has 0 aromatic carbocycles. The molecule has 0 radical (unpaired) electrons. The van der Waals surface area contributed by atoms with Crippen molar-refractivity contribution in [3.05, 3.63) is 17.5 Å². The van der Waals surface area contributed by atoms with Gasteiger partial charge in [0.2, 0.25) is 5.91 Å². The molecule has 2 aromatic heterocycles. The van der Waals surface area contributed by atoms with Crippen molar-refractivity contribution in [3.63, 3.8) is 0 Å². The summed E-state index contributed by atoms with van der Waals surface area (Å²) in [5, 5.41) is 2.99. The number of aryl methyl sites for hydroxylation is 2. The minimum atomic E-state index is -4.59. The third kappa shape index (κ3) is 4.46. The molecule has 2 heterocycles. The van der Waals surface area contributed by atoms with Gasteiger partial charge in [-0.25, -0.2) is 9.78 Å². The minimum Gasteiger partial charge on any atom is -0.481 e. The molecule has 0 bridgehead atoms. The first kappa shape index (κ1) is 20.9. The van der Waals surface area contributed by atoms with E-state index in [0.717, 1.165) is 12.8 Å². The predicted molar refractivity (Wildman–Crippen MR) is 99.0 cm³/mol. The Morgan fingerprint density at radius 3 is 2.55 bits per heavy atom. The van der Waals surface area contributed by atoms with E-state index in [2.05, 4.69) is 10.3 Å². The number of alkyl halides is 3. The number of hydrogen-bond donors (Lipinski definition) is 1. The number of carbonyl (C=O) groups is 2. The second-order valence-corrected chi connectivity index (χ2v) is 6.83. The molecule has 0 spiro atoms. The van der Waals surface area contributed by atoms with E-state index in [1.165, 1.54) is 17.7 Å². The van der Waals surface area contributed by atoms with E-state index in [1.54, 1.807) is 6.92 Å². The van der Waals surface area contributed by atoms with Gasteiger partial charge in [0.15, 0.2) is 18.1 Å². The summed E-state index contributed by atoms with van der Waals surface area (Å²) in [5.41, 5.74) is 1.07. The molecule has 0 aliphatic heterocycles. The summed E-state index contributed by atoms with van der Waals surface area (Å²) in [6.07, 6.45) is -2.49. The lowest BCUT2D eigenvalue weighted by molar-refractivity contribution is -0.153. The van der Waals surface area contributed by atoms with Crippen molar-refractivity contribution in [2.24, 2.45) is 13.0 Å². The van der Waals surface area contributed by atoms with Crippen LogP contribution in [0.1, 0.15) is 42.9 Å². The number of rotatable bonds is 7. The number of ether oxygens (including phenoxy) is 2. The highest BCUT2D eigenvalue weighted by molar-refractivity contribution is 6.03. The number of nitrogens with one attached hydrogen (secondary N) is 1. The van der Waals surface area contributed by atoms with E-state index in [1.807, 2.05) is 6.92 Å². The molecule has 0 atom stereocenters. The molecule has 10 heteroatoms. The van der Waals surface area contributed by atoms with E-state index in [4.69, 9.17) is 9.47 Å². The highest BCUT2D eigenvalue weighted by Gasteiger charge is 2.33. The summed E-state index contributed by atoms with van der Waals surface area (Å²) in [7, 11) is 1.50. The average molecular weight is 413 g/mol. The van der Waals surface area contributed by atoms with Crippen molar-refractivity contribution in [2.75, 3.05) is 18.5 Å². The Labute approximate surface area is 165 Å². The highest BCUT2D eigenvalue weighted by Crippen LogP contribution is 2.37. The second-order valence-electron chi connectivity index (χ2n) is 6.83. The van der Waals surface area contributed by atoms with E-state index in [0.29, 0.717) is 17.8 Å². The third-order valence-electron chi connectivity index (χ3n) is 4.58. The molecule has 0 saturated heterocycles. The van der Waals surface area contributed by atoms with Crippen molar-refractivity contribution in [1.29, 1.82) is 0 Å². The fourth-order valence-corrected chi connectivity index (χ4v) is 3.04. The lowest BCUT2D eigenvalue weighted by Gasteiger charge is -2.12. The number of carbonyl (C=O) groups excluding carboxylic acids is 2. The molecule has 29 heavy (non-hydrogen) atoms. The molecule has 158 valence electrons. The maximum Gasteiger partial charge on any atom is 0.422 e. The van der Waals surface area contributed by atoms with Crippen LogP contribution in [-0.4, -0.2) is 40.8 Å². The summed E-state index contributed by atoms with van der Waals surface area (Å²) < 4.78 is 49.7. The van der Waals surface area contributed by atoms with Gasteiger partial charge in [-0.05, 0) is 32.3 Å². The molecule has 2 aromatic rings. The Kier molecular flexibility index (Phi) is 5.72. The summed E-state index contributed by atoms with van der Waals surface area (Å²) >= 11 is 0. The molecule has 3 rings (SSSR count). The fraction of sp³-hybridized carbons (Fsp3) is 0.526. The molecule has 1 saturated carbocycles. The molecule has 1 amide bonds. The quantitative estimate of drug-likeness (QED) is 0.702. The smallest absolute Gasteiger partial charge is 0.422 e. The Balaban J connectivity index is 2.13. The van der Waals surface area contributed by atoms with Gasteiger partial charge in [-0.3, -0.25) is 4.79 Å². The number of aromatic nitrogens is 2. The molecular weight excluding hydrogens is 391 g/mol. The van der Waals surface area contributed by atoms with Crippen molar-refractivity contribution < 1.29 is 32.2 Å². The average Bonchev–Trinajstić information content (AvgIpc) is 3.45. The molecule has 1 fully saturated rings. The first-order chi connectivity index (χ1) is 13.7. The van der Waals surface area contributed by atoms with Gasteiger partial charge in [-0.1, -0.05) is 6.92 Å². The van der Waals surface area contributed by atoms with Crippen LogP contribution in [0.5, 0.6) is 5.75 Å². The zero-order valence-electron chi connectivity index (χ0n) is 16.4. The van der Waals surface area contributed by atoms with Gasteiger partial charge in [-0.15, -0.1) is 0 Å². The minimum absolute atomic E-state index is 0.0510. The van der Waals surface area contributed by atoms with E-state index >= 15 is 0 Å². The van der Waals surface area contributed by atoms with Crippen molar-refractivity contribution in [3.8, 4) is 5.75 Å². The Hall–Kier alpha value is -2.78. The summed E-state index contributed by atoms with van der Waals surface area (Å²) in [6, 6.07) is 1.51. The van der Waals surface area contributed by atoms with Gasteiger partial charge in [0.25, 0.3) is 0 Å². The van der Waals surface area contributed by atoms with Gasteiger partial charge < -0.3 is 19.4 Å². The van der Waals surface area contributed by atoms with Crippen molar-refractivity contribution in [2.45, 2.75) is 39.3 Å². The molecule has 0 unspecified atom stereocenters. The van der Waals surface area contributed by atoms with Crippen LogP contribution in [0.25, 0.3) is 11.0 Å². The first-order valence-electron chi connectivity index (χ1n) is 9.36. The van der Waals surface area contributed by atoms with Gasteiger partial charge in [0.1, 0.15) is 5.65 Å². The van der Waals surface area contributed by atoms with Gasteiger partial charge in [-0.2, -0.15) is 13.2 Å². The van der Waals surface area contributed by atoms with E-state index in [9.17, 15) is 22.8 Å². The second kappa shape index (κ2) is 7.92. The Bertz CT molecular complexity index is 949. The van der Waals surface area contributed by atoms with E-state index in [-0.39, 0.29) is 40.9 Å². The number of halogens is 3. The number of fused-ring (bicyclic) bond motifs is 1. The number of amides is 1. The van der Waals surface area contributed by atoms with Crippen LogP contribution in [0.3, 0.4) is 0 Å². The van der Waals surface area contributed by atoms with Crippen LogP contribution < -0.4 is 10.1 Å². The maximum atomic E-state index is 12.8. The SMILES string of the molecule is CCOC(=O)c1c(OCC(F)(F)F)c2cc(NC(=O)C3CC3)c(CC)nc2n1C. The van der Waals surface area contributed by atoms with Gasteiger partial charge >= 0.3 is 12.1 Å². The molecule has 1 aliphatic rings. The number of esters is 1. The van der Waals surface area contributed by atoms with Crippen LogP contribution in [-0.2, 0) is 23.0 Å². The van der Waals surface area contributed by atoms with Crippen LogP contribution in [0.15, 0.2) is 6.07 Å². The maximum absolute atomic E-state index is 12.8. The zero-order valence-corrected chi connectivity index (χ0v) is 16.4. The molecular formula is C19H22F3N3O4. The first-order valence-corrected chi connectivity index (χ1v) is 9.36. The number of pyridine rings is 1. The molecule has 1 aliphatic carbocycles. The lowest BCUT2D eigenvalue weighted by Crippen LogP contribution is -2.20. The topological polar surface area (TPSA) is 82.4 Å². The van der Waals surface area contributed by atoms with Crippen LogP contribution in [0.2, 0.25) is 0 Å². The summed E-state index contributed by atoms with van der Waals surface area (Å²) in [4.78, 5) is 29.1. The summed E-state index contributed by atoms with van der Waals surface area (Å²) in [5.74, 6) is -1.29. The van der Waals surface area contributed by atoms with Crippen LogP contribution in [0, 0.1) is 5.92 Å². The standard InChI is InChI=1S/C19H22F3N3O4/c1-4-12-13(24-17(26)10-6-7-10)8-11-15(29-9-19(20,21)22)14(18(27)28-5-2)25(3)16(11)23-12/h8,10H,4-7,9H2,1-3H3,(H,24,26). The number of nitrogens with zero attached hydrogens (tertiary/aromatic N) is 2. The normalized spacial score (nSPS) is 14.1. The Morgan fingerprint density at radius 1 is 1.31 bits per heavy atom. The highest BCUT2D eigenvalue weighted by atomic mass is 19.4. The largest absolute Gasteiger partial charge is 0.481 e. The van der Waals surface area contributed by atoms with Crippen molar-refractivity contribution in [1.82, 2.24) is 9.55 Å². The van der Waals surface area contributed by atoms with Gasteiger partial charge in [0, 0.05) is 13.0 Å². The fourth-order valence-electron chi connectivity index (χ4n) is 3.04. The predicted octanol–water partition coefficient (Wildman–Crippen LogP) is 3.60. The lowest BCUT2D eigenvalue weighted by atomic mass is 10.2. The number of anilines is 1. The third-order valence-corrected chi connectivity index (χ3v) is 4.58. The van der Waals surface area contributed by atoms with E-state index < -0.39 is 18.8 Å².